The van der Waals surface area contributed by atoms with E-state index < -0.39 is 17.3 Å². The lowest BCUT2D eigenvalue weighted by atomic mass is 9.89. The second-order valence-electron chi connectivity index (χ2n) is 4.11. The van der Waals surface area contributed by atoms with E-state index in [9.17, 15) is 8.78 Å². The Morgan fingerprint density at radius 1 is 1.50 bits per heavy atom. The molecule has 14 heavy (non-hydrogen) atoms. The Hall–Kier alpha value is -0.480. The largest absolute Gasteiger partial charge is 0.316 e. The average molecular weight is 215 g/mol. The van der Waals surface area contributed by atoms with Crippen molar-refractivity contribution in [2.75, 3.05) is 13.1 Å². The van der Waals surface area contributed by atoms with Gasteiger partial charge in [0.25, 0.3) is 5.92 Å². The maximum Gasteiger partial charge on any atom is 0.263 e. The summed E-state index contributed by atoms with van der Waals surface area (Å²) in [6, 6.07) is 1.85. The van der Waals surface area contributed by atoms with E-state index in [4.69, 9.17) is 0 Å². The van der Waals surface area contributed by atoms with Gasteiger partial charge in [0.1, 0.15) is 0 Å². The third kappa shape index (κ3) is 0.816. The van der Waals surface area contributed by atoms with Gasteiger partial charge in [-0.3, -0.25) is 0 Å². The molecule has 1 N–H and O–H groups in total. The number of rotatable bonds is 1. The summed E-state index contributed by atoms with van der Waals surface area (Å²) < 4.78 is 27.4. The number of fused-ring (bicyclic) bond motifs is 1. The fourth-order valence-corrected chi connectivity index (χ4v) is 3.50. The first kappa shape index (κ1) is 8.80. The molecule has 1 aliphatic carbocycles. The van der Waals surface area contributed by atoms with E-state index in [0.29, 0.717) is 19.5 Å². The Morgan fingerprint density at radius 3 is 3.00 bits per heavy atom. The molecule has 1 nitrogen and oxygen atoms in total. The molecule has 2 heterocycles. The second kappa shape index (κ2) is 2.55. The van der Waals surface area contributed by atoms with Gasteiger partial charge in [-0.25, -0.2) is 8.78 Å². The van der Waals surface area contributed by atoms with E-state index in [1.807, 2.05) is 16.8 Å². The van der Waals surface area contributed by atoms with Crippen LogP contribution in [0.3, 0.4) is 0 Å². The summed E-state index contributed by atoms with van der Waals surface area (Å²) in [5.74, 6) is -2.96. The van der Waals surface area contributed by atoms with Gasteiger partial charge in [0.05, 0.1) is 11.3 Å². The average Bonchev–Trinajstić information content (AvgIpc) is 2.62. The Kier molecular flexibility index (Phi) is 1.60. The lowest BCUT2D eigenvalue weighted by molar-refractivity contribution is 0.0782. The number of hydrogen-bond acceptors (Lipinski definition) is 2. The lowest BCUT2D eigenvalue weighted by Gasteiger charge is -2.19. The zero-order chi connectivity index (χ0) is 9.81. The van der Waals surface area contributed by atoms with Crippen molar-refractivity contribution in [3.05, 3.63) is 22.4 Å². The predicted octanol–water partition coefficient (Wildman–Crippen LogP) is 2.24. The summed E-state index contributed by atoms with van der Waals surface area (Å²) in [6.45, 7) is 1.17. The van der Waals surface area contributed by atoms with Crippen LogP contribution in [-0.2, 0) is 5.41 Å². The maximum atomic E-state index is 13.7. The van der Waals surface area contributed by atoms with Crippen LogP contribution in [0.25, 0.3) is 0 Å². The first-order valence-corrected chi connectivity index (χ1v) is 5.75. The Balaban J connectivity index is 2.04. The maximum absolute atomic E-state index is 13.7. The quantitative estimate of drug-likeness (QED) is 0.757. The van der Waals surface area contributed by atoms with Crippen LogP contribution in [0.5, 0.6) is 0 Å². The minimum atomic E-state index is -2.49. The van der Waals surface area contributed by atoms with Crippen LogP contribution < -0.4 is 5.32 Å². The van der Waals surface area contributed by atoms with Crippen molar-refractivity contribution in [1.82, 2.24) is 5.32 Å². The fraction of sp³-hybridized carbons (Fsp3) is 0.600. The third-order valence-corrected chi connectivity index (χ3v) is 4.31. The van der Waals surface area contributed by atoms with E-state index in [1.165, 1.54) is 11.3 Å². The van der Waals surface area contributed by atoms with Gasteiger partial charge in [0.15, 0.2) is 0 Å². The number of nitrogens with one attached hydrogen (secondary N) is 1. The molecular weight excluding hydrogens is 204 g/mol. The van der Waals surface area contributed by atoms with Crippen molar-refractivity contribution in [2.45, 2.75) is 17.8 Å². The van der Waals surface area contributed by atoms with Crippen LogP contribution in [0.1, 0.15) is 12.0 Å². The van der Waals surface area contributed by atoms with Crippen LogP contribution in [0.4, 0.5) is 8.78 Å². The number of hydrogen-bond donors (Lipinski definition) is 1. The molecular formula is C10H11F2NS. The molecule has 1 aromatic heterocycles. The number of thiophene rings is 1. The Morgan fingerprint density at radius 2 is 2.36 bits per heavy atom. The van der Waals surface area contributed by atoms with Crippen molar-refractivity contribution in [1.29, 1.82) is 0 Å². The van der Waals surface area contributed by atoms with Crippen molar-refractivity contribution >= 4 is 11.3 Å². The molecule has 0 unspecified atom stereocenters. The van der Waals surface area contributed by atoms with Crippen molar-refractivity contribution in [3.63, 3.8) is 0 Å². The summed E-state index contributed by atoms with van der Waals surface area (Å²) in [5, 5.41) is 6.80. The smallest absolute Gasteiger partial charge is 0.263 e. The highest BCUT2D eigenvalue weighted by Crippen LogP contribution is 2.69. The molecule has 1 saturated carbocycles. The third-order valence-electron chi connectivity index (χ3n) is 3.62. The van der Waals surface area contributed by atoms with Crippen LogP contribution in [0.2, 0.25) is 0 Å². The van der Waals surface area contributed by atoms with Crippen molar-refractivity contribution in [2.24, 2.45) is 5.92 Å². The van der Waals surface area contributed by atoms with E-state index in [1.54, 1.807) is 0 Å². The molecule has 0 amide bonds. The van der Waals surface area contributed by atoms with E-state index in [0.717, 1.165) is 5.56 Å². The SMILES string of the molecule is FC1(F)[C@@H]2CNCC[C@]21c1ccsc1. The standard InChI is InChI=1S/C10H11F2NS/c11-10(12)8-5-13-3-2-9(8,10)7-1-4-14-6-7/h1,4,6,8,13H,2-3,5H2/t8-,9+/m1/s1. The summed E-state index contributed by atoms with van der Waals surface area (Å²) in [5.41, 5.74) is 0.0251. The zero-order valence-corrected chi connectivity index (χ0v) is 8.41. The van der Waals surface area contributed by atoms with Crippen molar-refractivity contribution in [3.8, 4) is 0 Å². The van der Waals surface area contributed by atoms with Crippen LogP contribution in [-0.4, -0.2) is 19.0 Å². The molecule has 4 heteroatoms. The van der Waals surface area contributed by atoms with Crippen molar-refractivity contribution < 1.29 is 8.78 Å². The van der Waals surface area contributed by atoms with Gasteiger partial charge in [-0.15, -0.1) is 0 Å². The first-order valence-electron chi connectivity index (χ1n) is 4.81. The zero-order valence-electron chi connectivity index (χ0n) is 7.59. The highest BCUT2D eigenvalue weighted by molar-refractivity contribution is 7.08. The van der Waals surface area contributed by atoms with E-state index in [2.05, 4.69) is 5.32 Å². The van der Waals surface area contributed by atoms with Gasteiger partial charge in [-0.2, -0.15) is 11.3 Å². The molecule has 1 aromatic rings. The number of piperidine rings is 1. The molecule has 0 radical (unpaired) electrons. The molecule has 0 bridgehead atoms. The minimum absolute atomic E-state index is 0.461. The summed E-state index contributed by atoms with van der Waals surface area (Å²) in [7, 11) is 0. The Labute approximate surface area is 85.1 Å². The Bertz CT molecular complexity index is 349. The monoisotopic (exact) mass is 215 g/mol. The number of halogens is 2. The molecule has 0 aromatic carbocycles. The van der Waals surface area contributed by atoms with Gasteiger partial charge in [0.2, 0.25) is 0 Å². The van der Waals surface area contributed by atoms with Crippen LogP contribution >= 0.6 is 11.3 Å². The summed E-state index contributed by atoms with van der Waals surface area (Å²) in [6.07, 6.45) is 0.571. The summed E-state index contributed by atoms with van der Waals surface area (Å²) >= 11 is 1.51. The number of alkyl halides is 2. The van der Waals surface area contributed by atoms with Gasteiger partial charge >= 0.3 is 0 Å². The first-order chi connectivity index (χ1) is 6.69. The van der Waals surface area contributed by atoms with E-state index >= 15 is 0 Å². The summed E-state index contributed by atoms with van der Waals surface area (Å²) in [4.78, 5) is 0. The fourth-order valence-electron chi connectivity index (χ4n) is 2.76. The molecule has 2 fully saturated rings. The molecule has 1 aliphatic heterocycles. The molecule has 3 rings (SSSR count). The highest BCUT2D eigenvalue weighted by Gasteiger charge is 2.80. The molecule has 2 atom stereocenters. The molecule has 2 aliphatic rings. The normalized spacial score (nSPS) is 39.1. The van der Waals surface area contributed by atoms with Gasteiger partial charge in [-0.05, 0) is 35.4 Å². The topological polar surface area (TPSA) is 12.0 Å². The van der Waals surface area contributed by atoms with E-state index in [-0.39, 0.29) is 0 Å². The second-order valence-corrected chi connectivity index (χ2v) is 4.89. The minimum Gasteiger partial charge on any atom is -0.316 e. The lowest BCUT2D eigenvalue weighted by Crippen LogP contribution is -2.31. The van der Waals surface area contributed by atoms with Crippen LogP contribution in [0.15, 0.2) is 16.8 Å². The molecule has 76 valence electrons. The highest BCUT2D eigenvalue weighted by atomic mass is 32.1. The van der Waals surface area contributed by atoms with Gasteiger partial charge in [-0.1, -0.05) is 0 Å². The predicted molar refractivity (Wildman–Crippen MR) is 51.9 cm³/mol. The van der Waals surface area contributed by atoms with Gasteiger partial charge in [0, 0.05) is 6.54 Å². The molecule has 0 spiro atoms. The van der Waals surface area contributed by atoms with Gasteiger partial charge < -0.3 is 5.32 Å². The molecule has 1 saturated heterocycles. The van der Waals surface area contributed by atoms with Crippen LogP contribution in [0, 0.1) is 5.92 Å².